The van der Waals surface area contributed by atoms with E-state index in [1.165, 1.54) is 6.07 Å². The highest BCUT2D eigenvalue weighted by atomic mass is 35.5. The van der Waals surface area contributed by atoms with Gasteiger partial charge in [-0.3, -0.25) is 10.1 Å². The normalized spacial score (nSPS) is 15.5. The van der Waals surface area contributed by atoms with Crippen LogP contribution < -0.4 is 4.90 Å². The first-order valence-corrected chi connectivity index (χ1v) is 9.10. The molecule has 0 spiro atoms. The number of rotatable bonds is 4. The van der Waals surface area contributed by atoms with Gasteiger partial charge >= 0.3 is 0 Å². The van der Waals surface area contributed by atoms with E-state index in [1.807, 2.05) is 24.3 Å². The van der Waals surface area contributed by atoms with Gasteiger partial charge < -0.3 is 9.88 Å². The number of aromatic amines is 1. The van der Waals surface area contributed by atoms with E-state index in [0.717, 1.165) is 49.2 Å². The Labute approximate surface area is 155 Å². The van der Waals surface area contributed by atoms with Crippen molar-refractivity contribution in [2.24, 2.45) is 5.92 Å². The van der Waals surface area contributed by atoms with Gasteiger partial charge in [-0.2, -0.15) is 0 Å². The maximum absolute atomic E-state index is 11.3. The van der Waals surface area contributed by atoms with Crippen LogP contribution in [0.2, 0.25) is 5.02 Å². The summed E-state index contributed by atoms with van der Waals surface area (Å²) in [5, 5.41) is 11.7. The van der Waals surface area contributed by atoms with Crippen LogP contribution >= 0.6 is 11.6 Å². The largest absolute Gasteiger partial charge is 0.366 e. The van der Waals surface area contributed by atoms with Crippen molar-refractivity contribution < 1.29 is 4.92 Å². The number of nitrogens with one attached hydrogen (secondary N) is 1. The molecule has 4 rings (SSSR count). The number of nitrogens with zero attached hydrogens (tertiary/aromatic N) is 3. The Hall–Kier alpha value is -2.60. The summed E-state index contributed by atoms with van der Waals surface area (Å²) in [5.74, 6) is 1.54. The van der Waals surface area contributed by atoms with Crippen LogP contribution in [0, 0.1) is 16.0 Å². The zero-order valence-corrected chi connectivity index (χ0v) is 14.9. The smallest absolute Gasteiger partial charge is 0.294 e. The lowest BCUT2D eigenvalue weighted by atomic mass is 9.93. The number of para-hydroxylation sites is 2. The third-order valence-electron chi connectivity index (χ3n) is 5.01. The average molecular weight is 371 g/mol. The van der Waals surface area contributed by atoms with Gasteiger partial charge in [-0.15, -0.1) is 0 Å². The molecule has 7 heteroatoms. The molecule has 1 fully saturated rings. The van der Waals surface area contributed by atoms with Crippen LogP contribution in [0.1, 0.15) is 18.7 Å². The van der Waals surface area contributed by atoms with Crippen LogP contribution in [0.4, 0.5) is 11.4 Å². The Morgan fingerprint density at radius 2 is 2.00 bits per heavy atom. The molecular formula is C19H19ClN4O2. The molecule has 2 heterocycles. The molecule has 0 aliphatic carbocycles. The number of nitro benzene ring substituents is 1. The lowest BCUT2D eigenvalue weighted by molar-refractivity contribution is -0.384. The summed E-state index contributed by atoms with van der Waals surface area (Å²) in [7, 11) is 0. The van der Waals surface area contributed by atoms with E-state index in [9.17, 15) is 10.1 Å². The fourth-order valence-electron chi connectivity index (χ4n) is 3.66. The van der Waals surface area contributed by atoms with Gasteiger partial charge in [0.05, 0.1) is 16.0 Å². The van der Waals surface area contributed by atoms with Gasteiger partial charge in [0.2, 0.25) is 0 Å². The number of nitro groups is 1. The lowest BCUT2D eigenvalue weighted by Crippen LogP contribution is -2.34. The van der Waals surface area contributed by atoms with Crippen LogP contribution in [-0.4, -0.2) is 28.0 Å². The first-order valence-electron chi connectivity index (χ1n) is 8.72. The summed E-state index contributed by atoms with van der Waals surface area (Å²) in [5.41, 5.74) is 2.79. The predicted molar refractivity (Wildman–Crippen MR) is 103 cm³/mol. The summed E-state index contributed by atoms with van der Waals surface area (Å²) in [6.45, 7) is 1.60. The second-order valence-electron chi connectivity index (χ2n) is 6.73. The number of imidazole rings is 1. The van der Waals surface area contributed by atoms with E-state index < -0.39 is 0 Å². The van der Waals surface area contributed by atoms with Crippen LogP contribution in [0.5, 0.6) is 0 Å². The Morgan fingerprint density at radius 1 is 1.23 bits per heavy atom. The fourth-order valence-corrected chi connectivity index (χ4v) is 3.83. The van der Waals surface area contributed by atoms with Gasteiger partial charge in [0, 0.05) is 30.6 Å². The van der Waals surface area contributed by atoms with Gasteiger partial charge in [-0.25, -0.2) is 4.98 Å². The van der Waals surface area contributed by atoms with Gasteiger partial charge in [-0.05, 0) is 43.0 Å². The molecule has 1 aliphatic rings. The van der Waals surface area contributed by atoms with Gasteiger partial charge in [0.15, 0.2) is 0 Å². The molecule has 0 atom stereocenters. The number of hydrogen-bond acceptors (Lipinski definition) is 4. The van der Waals surface area contributed by atoms with Crippen LogP contribution in [0.25, 0.3) is 11.0 Å². The number of halogens is 1. The van der Waals surface area contributed by atoms with Crippen molar-refractivity contribution in [3.63, 3.8) is 0 Å². The Kier molecular flexibility index (Phi) is 4.51. The number of fused-ring (bicyclic) bond motifs is 1. The lowest BCUT2D eigenvalue weighted by Gasteiger charge is -2.33. The van der Waals surface area contributed by atoms with Crippen molar-refractivity contribution in [1.29, 1.82) is 0 Å². The first kappa shape index (κ1) is 16.8. The molecule has 26 heavy (non-hydrogen) atoms. The SMILES string of the molecule is O=[N+]([O-])c1cc(Cl)ccc1N1CCC(Cc2nc3ccccc3[nH]2)CC1. The maximum Gasteiger partial charge on any atom is 0.294 e. The molecule has 3 aromatic rings. The summed E-state index contributed by atoms with van der Waals surface area (Å²) in [6, 6.07) is 12.9. The number of benzene rings is 2. The van der Waals surface area contributed by atoms with Crippen LogP contribution in [0.3, 0.4) is 0 Å². The standard InChI is InChI=1S/C19H19ClN4O2/c20-14-5-6-17(18(12-14)24(25)26)23-9-7-13(8-10-23)11-19-21-15-3-1-2-4-16(15)22-19/h1-6,12-13H,7-11H2,(H,21,22). The van der Waals surface area contributed by atoms with E-state index in [-0.39, 0.29) is 10.6 Å². The second-order valence-corrected chi connectivity index (χ2v) is 7.16. The molecule has 0 saturated carbocycles. The van der Waals surface area contributed by atoms with Crippen molar-refractivity contribution in [1.82, 2.24) is 9.97 Å². The summed E-state index contributed by atoms with van der Waals surface area (Å²) in [4.78, 5) is 21.1. The second kappa shape index (κ2) is 6.96. The third-order valence-corrected chi connectivity index (χ3v) is 5.24. The molecule has 1 N–H and O–H groups in total. The summed E-state index contributed by atoms with van der Waals surface area (Å²) in [6.07, 6.45) is 2.87. The van der Waals surface area contributed by atoms with Crippen molar-refractivity contribution in [3.05, 3.63) is 63.4 Å². The van der Waals surface area contributed by atoms with Crippen molar-refractivity contribution in [3.8, 4) is 0 Å². The Bertz CT molecular complexity index is 915. The fraction of sp³-hybridized carbons (Fsp3) is 0.316. The topological polar surface area (TPSA) is 75.1 Å². The molecule has 2 aromatic carbocycles. The van der Waals surface area contributed by atoms with Crippen molar-refractivity contribution >= 4 is 34.0 Å². The molecular weight excluding hydrogens is 352 g/mol. The maximum atomic E-state index is 11.3. The van der Waals surface area contributed by atoms with E-state index in [0.29, 0.717) is 16.6 Å². The van der Waals surface area contributed by atoms with Gasteiger partial charge in [0.1, 0.15) is 11.5 Å². The number of aromatic nitrogens is 2. The summed E-state index contributed by atoms with van der Waals surface area (Å²) >= 11 is 5.91. The summed E-state index contributed by atoms with van der Waals surface area (Å²) < 4.78 is 0. The molecule has 6 nitrogen and oxygen atoms in total. The number of hydrogen-bond donors (Lipinski definition) is 1. The molecule has 1 saturated heterocycles. The molecule has 1 aliphatic heterocycles. The molecule has 0 unspecified atom stereocenters. The highest BCUT2D eigenvalue weighted by Crippen LogP contribution is 2.34. The van der Waals surface area contributed by atoms with Crippen LogP contribution in [0.15, 0.2) is 42.5 Å². The Morgan fingerprint density at radius 3 is 2.73 bits per heavy atom. The third kappa shape index (κ3) is 3.37. The predicted octanol–water partition coefficient (Wildman–Crippen LogP) is 4.58. The zero-order chi connectivity index (χ0) is 18.1. The van der Waals surface area contributed by atoms with Crippen molar-refractivity contribution in [2.75, 3.05) is 18.0 Å². The van der Waals surface area contributed by atoms with Crippen molar-refractivity contribution in [2.45, 2.75) is 19.3 Å². The number of anilines is 1. The molecule has 0 amide bonds. The Balaban J connectivity index is 1.43. The van der Waals surface area contributed by atoms with Gasteiger partial charge in [0.25, 0.3) is 5.69 Å². The van der Waals surface area contributed by atoms with E-state index in [4.69, 9.17) is 11.6 Å². The minimum atomic E-state index is -0.359. The quantitative estimate of drug-likeness (QED) is 0.538. The molecule has 134 valence electrons. The molecule has 1 aromatic heterocycles. The zero-order valence-electron chi connectivity index (χ0n) is 14.2. The van der Waals surface area contributed by atoms with Gasteiger partial charge in [-0.1, -0.05) is 23.7 Å². The minimum absolute atomic E-state index is 0.0771. The van der Waals surface area contributed by atoms with E-state index in [2.05, 4.69) is 14.9 Å². The number of piperidine rings is 1. The minimum Gasteiger partial charge on any atom is -0.366 e. The first-order chi connectivity index (χ1) is 12.6. The average Bonchev–Trinajstić information content (AvgIpc) is 3.04. The molecule has 0 bridgehead atoms. The number of H-pyrrole nitrogens is 1. The van der Waals surface area contributed by atoms with Crippen LogP contribution in [-0.2, 0) is 6.42 Å². The highest BCUT2D eigenvalue weighted by molar-refractivity contribution is 6.30. The highest BCUT2D eigenvalue weighted by Gasteiger charge is 2.25. The molecule has 0 radical (unpaired) electrons. The van der Waals surface area contributed by atoms with E-state index >= 15 is 0 Å². The van der Waals surface area contributed by atoms with E-state index in [1.54, 1.807) is 12.1 Å². The monoisotopic (exact) mass is 370 g/mol.